The van der Waals surface area contributed by atoms with E-state index in [1.54, 1.807) is 0 Å². The highest BCUT2D eigenvalue weighted by atomic mass is 27.0. The van der Waals surface area contributed by atoms with Crippen molar-refractivity contribution in [2.75, 3.05) is 0 Å². The molecule has 0 unspecified atom stereocenters. The van der Waals surface area contributed by atoms with Crippen molar-refractivity contribution in [3.05, 3.63) is 35.4 Å². The summed E-state index contributed by atoms with van der Waals surface area (Å²) in [5, 5.41) is 0. The lowest BCUT2D eigenvalue weighted by atomic mass is 10.1. The summed E-state index contributed by atoms with van der Waals surface area (Å²) in [6, 6.07) is 8.83. The predicted octanol–water partition coefficient (Wildman–Crippen LogP) is 2.15. The molecular weight excluding hydrogens is 159 g/mol. The van der Waals surface area contributed by atoms with E-state index in [-0.39, 0.29) is 17.4 Å². The Morgan fingerprint density at radius 2 is 1.67 bits per heavy atom. The molecule has 0 bridgehead atoms. The molecule has 1 rings (SSSR count). The summed E-state index contributed by atoms with van der Waals surface area (Å²) in [4.78, 5) is 0. The Bertz CT molecular complexity index is 201. The molecule has 0 aromatic heterocycles. The zero-order chi connectivity index (χ0) is 8.10. The maximum absolute atomic E-state index is 2.23. The van der Waals surface area contributed by atoms with Crippen LogP contribution in [0.3, 0.4) is 0 Å². The highest BCUT2D eigenvalue weighted by molar-refractivity contribution is 5.75. The summed E-state index contributed by atoms with van der Waals surface area (Å²) >= 11 is 0. The first-order valence-corrected chi connectivity index (χ1v) is 4.38. The van der Waals surface area contributed by atoms with Gasteiger partial charge in [-0.2, -0.15) is 0 Å². The zero-order valence-electron chi connectivity index (χ0n) is 7.43. The molecule has 12 heavy (non-hydrogen) atoms. The quantitative estimate of drug-likeness (QED) is 0.622. The molecule has 1 aromatic carbocycles. The van der Waals surface area contributed by atoms with Crippen LogP contribution < -0.4 is 0 Å². The van der Waals surface area contributed by atoms with Gasteiger partial charge in [0.05, 0.1) is 0 Å². The predicted molar refractivity (Wildman–Crippen MR) is 59.7 cm³/mol. The van der Waals surface area contributed by atoms with Crippen molar-refractivity contribution < 1.29 is 0 Å². The van der Waals surface area contributed by atoms with Crippen molar-refractivity contribution in [3.8, 4) is 0 Å². The number of aryl methyl sites for hydroxylation is 2. The second-order valence-electron chi connectivity index (χ2n) is 3.09. The van der Waals surface area contributed by atoms with E-state index in [2.05, 4.69) is 38.1 Å². The maximum Gasteiger partial charge on any atom is 0.187 e. The summed E-state index contributed by atoms with van der Waals surface area (Å²) in [5.41, 5.74) is 2.82. The van der Waals surface area contributed by atoms with Crippen LogP contribution in [0.25, 0.3) is 0 Å². The van der Waals surface area contributed by atoms with Crippen molar-refractivity contribution in [1.29, 1.82) is 0 Å². The van der Waals surface area contributed by atoms with Crippen LogP contribution in [0.1, 0.15) is 30.9 Å². The van der Waals surface area contributed by atoms with Crippen LogP contribution in [0.2, 0.25) is 0 Å². The minimum absolute atomic E-state index is 0. The third kappa shape index (κ3) is 3.95. The maximum atomic E-state index is 2.23. The molecule has 0 aliphatic rings. The molecule has 0 atom stereocenters. The lowest BCUT2D eigenvalue weighted by molar-refractivity contribution is 0.795. The molecular formula is C11H19Al. The van der Waals surface area contributed by atoms with E-state index in [4.69, 9.17) is 0 Å². The Balaban J connectivity index is 0.00000121. The van der Waals surface area contributed by atoms with Gasteiger partial charge in [0.1, 0.15) is 0 Å². The van der Waals surface area contributed by atoms with E-state index in [1.165, 1.54) is 30.4 Å². The van der Waals surface area contributed by atoms with E-state index >= 15 is 0 Å². The minimum Gasteiger partial charge on any atom is -0.0654 e. The van der Waals surface area contributed by atoms with Crippen LogP contribution in [0.5, 0.6) is 0 Å². The smallest absolute Gasteiger partial charge is 0.0654 e. The molecule has 0 fully saturated rings. The van der Waals surface area contributed by atoms with Crippen LogP contribution >= 0.6 is 0 Å². The van der Waals surface area contributed by atoms with Gasteiger partial charge in [0.15, 0.2) is 17.4 Å². The van der Waals surface area contributed by atoms with Gasteiger partial charge in [0, 0.05) is 0 Å². The largest absolute Gasteiger partial charge is 0.187 e. The molecule has 0 amide bonds. The third-order valence-corrected chi connectivity index (χ3v) is 1.94. The fraction of sp³-hybridized carbons (Fsp3) is 0.455. The normalized spacial score (nSPS) is 9.17. The molecule has 0 saturated carbocycles. The van der Waals surface area contributed by atoms with Crippen molar-refractivity contribution in [3.63, 3.8) is 0 Å². The van der Waals surface area contributed by atoms with Gasteiger partial charge >= 0.3 is 0 Å². The van der Waals surface area contributed by atoms with Crippen LogP contribution in [0.4, 0.5) is 0 Å². The summed E-state index contributed by atoms with van der Waals surface area (Å²) in [6.45, 7) is 4.36. The molecule has 0 spiro atoms. The summed E-state index contributed by atoms with van der Waals surface area (Å²) in [7, 11) is 0. The Hall–Kier alpha value is -0.248. The highest BCUT2D eigenvalue weighted by Crippen LogP contribution is 2.06. The van der Waals surface area contributed by atoms with Gasteiger partial charge in [-0.05, 0) is 25.3 Å². The molecule has 0 aliphatic carbocycles. The first kappa shape index (κ1) is 11.8. The van der Waals surface area contributed by atoms with Crippen LogP contribution in [0, 0.1) is 6.92 Å². The lowest BCUT2D eigenvalue weighted by Crippen LogP contribution is -1.83. The second-order valence-corrected chi connectivity index (χ2v) is 3.09. The number of hydrogen-bond acceptors (Lipinski definition) is 0. The van der Waals surface area contributed by atoms with Crippen molar-refractivity contribution in [2.24, 2.45) is 0 Å². The Morgan fingerprint density at radius 1 is 1.08 bits per heavy atom. The van der Waals surface area contributed by atoms with Crippen LogP contribution in [-0.4, -0.2) is 17.4 Å². The first-order chi connectivity index (χ1) is 5.33. The minimum atomic E-state index is 0. The molecule has 1 aromatic rings. The number of unbranched alkanes of at least 4 members (excludes halogenated alkanes) is 1. The molecule has 0 heterocycles. The summed E-state index contributed by atoms with van der Waals surface area (Å²) in [6.07, 6.45) is 3.83. The van der Waals surface area contributed by atoms with E-state index < -0.39 is 0 Å². The van der Waals surface area contributed by atoms with E-state index in [0.717, 1.165) is 0 Å². The molecule has 0 aliphatic heterocycles. The Labute approximate surface area is 86.1 Å². The van der Waals surface area contributed by atoms with Gasteiger partial charge < -0.3 is 0 Å². The van der Waals surface area contributed by atoms with Crippen molar-refractivity contribution in [1.82, 2.24) is 0 Å². The van der Waals surface area contributed by atoms with E-state index in [9.17, 15) is 0 Å². The van der Waals surface area contributed by atoms with Gasteiger partial charge in [-0.1, -0.05) is 43.2 Å². The lowest BCUT2D eigenvalue weighted by Gasteiger charge is -1.99. The third-order valence-electron chi connectivity index (χ3n) is 1.94. The zero-order valence-corrected chi connectivity index (χ0v) is 7.43. The van der Waals surface area contributed by atoms with Crippen molar-refractivity contribution in [2.45, 2.75) is 33.1 Å². The number of rotatable bonds is 3. The molecule has 0 N–H and O–H groups in total. The average molecular weight is 178 g/mol. The second kappa shape index (κ2) is 6.29. The van der Waals surface area contributed by atoms with Gasteiger partial charge in [0.2, 0.25) is 0 Å². The van der Waals surface area contributed by atoms with E-state index in [1.807, 2.05) is 0 Å². The van der Waals surface area contributed by atoms with Crippen LogP contribution in [-0.2, 0) is 6.42 Å². The topological polar surface area (TPSA) is 0 Å². The molecule has 0 nitrogen and oxygen atoms in total. The monoisotopic (exact) mass is 178 g/mol. The van der Waals surface area contributed by atoms with E-state index in [0.29, 0.717) is 0 Å². The standard InChI is InChI=1S/C11H16.Al.3H/c1-3-4-5-11-8-6-10(2)7-9-11;;;;/h6-9H,3-5H2,1-2H3;;;;. The highest BCUT2D eigenvalue weighted by Gasteiger charge is 1.90. The number of hydrogen-bond donors (Lipinski definition) is 0. The van der Waals surface area contributed by atoms with Crippen molar-refractivity contribution >= 4 is 17.4 Å². The molecule has 0 radical (unpaired) electrons. The fourth-order valence-electron chi connectivity index (χ4n) is 1.14. The molecule has 1 heteroatoms. The van der Waals surface area contributed by atoms with Gasteiger partial charge in [-0.3, -0.25) is 0 Å². The molecule has 66 valence electrons. The SMILES string of the molecule is CCCCc1ccc(C)cc1.[AlH3]. The Morgan fingerprint density at radius 3 is 2.17 bits per heavy atom. The van der Waals surface area contributed by atoms with Gasteiger partial charge in [0.25, 0.3) is 0 Å². The summed E-state index contributed by atoms with van der Waals surface area (Å²) in [5.74, 6) is 0. The van der Waals surface area contributed by atoms with Gasteiger partial charge in [-0.15, -0.1) is 0 Å². The fourth-order valence-corrected chi connectivity index (χ4v) is 1.14. The Kier molecular flexibility index (Phi) is 6.16. The summed E-state index contributed by atoms with van der Waals surface area (Å²) < 4.78 is 0. The van der Waals surface area contributed by atoms with Crippen LogP contribution in [0.15, 0.2) is 24.3 Å². The van der Waals surface area contributed by atoms with Gasteiger partial charge in [-0.25, -0.2) is 0 Å². The molecule has 0 saturated heterocycles. The average Bonchev–Trinajstić information content (AvgIpc) is 2.04. The number of benzene rings is 1. The first-order valence-electron chi connectivity index (χ1n) is 4.38.